The molecule has 7 nitrogen and oxygen atoms in total. The number of para-hydroxylation sites is 1. The van der Waals surface area contributed by atoms with Crippen LogP contribution >= 0.6 is 11.8 Å². The van der Waals surface area contributed by atoms with Crippen molar-refractivity contribution < 1.29 is 14.0 Å². The smallest absolute Gasteiger partial charge is 0.237 e. The Hall–Kier alpha value is -3.13. The fraction of sp³-hybridized carbons (Fsp3) is 0.200. The number of rotatable bonds is 6. The average Bonchev–Trinajstić information content (AvgIpc) is 3.20. The summed E-state index contributed by atoms with van der Waals surface area (Å²) in [7, 11) is 3.19. The Bertz CT molecular complexity index is 1130. The molecule has 0 saturated carbocycles. The molecule has 142 valence electrons. The third kappa shape index (κ3) is 3.63. The lowest BCUT2D eigenvalue weighted by atomic mass is 10.2. The van der Waals surface area contributed by atoms with Crippen molar-refractivity contribution in [3.05, 3.63) is 54.2 Å². The summed E-state index contributed by atoms with van der Waals surface area (Å²) < 4.78 is 16.0. The van der Waals surface area contributed by atoms with Crippen molar-refractivity contribution in [1.29, 1.82) is 0 Å². The minimum absolute atomic E-state index is 0.500. The largest absolute Gasteiger partial charge is 0.493 e. The summed E-state index contributed by atoms with van der Waals surface area (Å²) in [6, 6.07) is 13.4. The number of fused-ring (bicyclic) bond motifs is 1. The van der Waals surface area contributed by atoms with Crippen LogP contribution in [0.1, 0.15) is 11.7 Å². The fourth-order valence-corrected chi connectivity index (χ4v) is 3.71. The first-order chi connectivity index (χ1) is 13.7. The van der Waals surface area contributed by atoms with Crippen LogP contribution in [0.5, 0.6) is 11.5 Å². The van der Waals surface area contributed by atoms with Crippen molar-refractivity contribution in [2.75, 3.05) is 14.2 Å². The highest BCUT2D eigenvalue weighted by atomic mass is 32.2. The van der Waals surface area contributed by atoms with Crippen LogP contribution in [0.15, 0.2) is 52.0 Å². The summed E-state index contributed by atoms with van der Waals surface area (Å²) in [5.41, 5.74) is 1.72. The van der Waals surface area contributed by atoms with Crippen LogP contribution in [-0.2, 0) is 5.75 Å². The number of aryl methyl sites for hydroxylation is 1. The number of aromatic nitrogens is 4. The average molecular weight is 394 g/mol. The van der Waals surface area contributed by atoms with Crippen LogP contribution in [0.4, 0.5) is 0 Å². The number of nitrogens with zero attached hydrogens (tertiary/aromatic N) is 4. The molecule has 0 bridgehead atoms. The highest BCUT2D eigenvalue weighted by molar-refractivity contribution is 7.98. The molecule has 2 aromatic carbocycles. The van der Waals surface area contributed by atoms with Gasteiger partial charge in [0.2, 0.25) is 11.7 Å². The van der Waals surface area contributed by atoms with Gasteiger partial charge in [-0.1, -0.05) is 35.1 Å². The van der Waals surface area contributed by atoms with Crippen molar-refractivity contribution >= 4 is 22.7 Å². The second-order valence-corrected chi connectivity index (χ2v) is 6.93. The molecule has 28 heavy (non-hydrogen) atoms. The maximum atomic E-state index is 5.42. The van der Waals surface area contributed by atoms with E-state index in [0.29, 0.717) is 29.0 Å². The van der Waals surface area contributed by atoms with E-state index >= 15 is 0 Å². The first-order valence-electron chi connectivity index (χ1n) is 8.59. The van der Waals surface area contributed by atoms with Crippen molar-refractivity contribution in [3.8, 4) is 22.9 Å². The van der Waals surface area contributed by atoms with E-state index in [1.807, 2.05) is 49.4 Å². The maximum absolute atomic E-state index is 5.42. The van der Waals surface area contributed by atoms with Gasteiger partial charge in [0.05, 0.1) is 25.5 Å². The van der Waals surface area contributed by atoms with Gasteiger partial charge in [0.15, 0.2) is 11.5 Å². The molecule has 2 aromatic heterocycles. The molecule has 0 aliphatic heterocycles. The molecule has 0 fully saturated rings. The Morgan fingerprint density at radius 3 is 2.61 bits per heavy atom. The zero-order chi connectivity index (χ0) is 19.5. The summed E-state index contributed by atoms with van der Waals surface area (Å²) >= 11 is 1.55. The summed E-state index contributed by atoms with van der Waals surface area (Å²) in [5.74, 6) is 3.54. The molecule has 0 spiro atoms. The van der Waals surface area contributed by atoms with Gasteiger partial charge in [-0.05, 0) is 31.2 Å². The molecule has 4 rings (SSSR count). The monoisotopic (exact) mass is 394 g/mol. The van der Waals surface area contributed by atoms with Crippen LogP contribution in [0.2, 0.25) is 0 Å². The van der Waals surface area contributed by atoms with E-state index in [4.69, 9.17) is 14.0 Å². The van der Waals surface area contributed by atoms with E-state index in [-0.39, 0.29) is 0 Å². The van der Waals surface area contributed by atoms with Gasteiger partial charge in [-0.15, -0.1) is 0 Å². The number of methoxy groups -OCH3 is 2. The molecule has 0 radical (unpaired) electrons. The molecule has 0 atom stereocenters. The second-order valence-electron chi connectivity index (χ2n) is 5.96. The molecule has 0 aliphatic carbocycles. The minimum Gasteiger partial charge on any atom is -0.493 e. The number of hydrogen-bond acceptors (Lipinski definition) is 8. The van der Waals surface area contributed by atoms with E-state index < -0.39 is 0 Å². The summed E-state index contributed by atoms with van der Waals surface area (Å²) in [4.78, 5) is 13.5. The van der Waals surface area contributed by atoms with Crippen molar-refractivity contribution in [2.45, 2.75) is 17.7 Å². The first kappa shape index (κ1) is 18.2. The molecule has 4 aromatic rings. The minimum atomic E-state index is 0.500. The van der Waals surface area contributed by atoms with Gasteiger partial charge < -0.3 is 14.0 Å². The summed E-state index contributed by atoms with van der Waals surface area (Å²) in [6.07, 6.45) is 0. The van der Waals surface area contributed by atoms with Gasteiger partial charge >= 0.3 is 0 Å². The molecule has 0 aliphatic rings. The zero-order valence-electron chi connectivity index (χ0n) is 15.7. The van der Waals surface area contributed by atoms with Crippen LogP contribution in [0, 0.1) is 6.92 Å². The van der Waals surface area contributed by atoms with Crippen molar-refractivity contribution in [1.82, 2.24) is 20.1 Å². The highest BCUT2D eigenvalue weighted by Crippen LogP contribution is 2.32. The lowest BCUT2D eigenvalue weighted by Gasteiger charge is -2.07. The van der Waals surface area contributed by atoms with E-state index in [2.05, 4.69) is 20.1 Å². The number of benzene rings is 2. The predicted molar refractivity (Wildman–Crippen MR) is 107 cm³/mol. The molecular formula is C20H18N4O3S. The van der Waals surface area contributed by atoms with Gasteiger partial charge in [-0.25, -0.2) is 9.97 Å². The van der Waals surface area contributed by atoms with Crippen LogP contribution in [0.25, 0.3) is 22.3 Å². The Labute approximate surface area is 166 Å². The van der Waals surface area contributed by atoms with Gasteiger partial charge in [0, 0.05) is 10.9 Å². The van der Waals surface area contributed by atoms with Gasteiger partial charge in [0.1, 0.15) is 10.9 Å². The summed E-state index contributed by atoms with van der Waals surface area (Å²) in [5, 5.41) is 5.99. The second kappa shape index (κ2) is 7.85. The van der Waals surface area contributed by atoms with E-state index in [0.717, 1.165) is 27.3 Å². The quantitative estimate of drug-likeness (QED) is 0.354. The zero-order valence-corrected chi connectivity index (χ0v) is 16.5. The van der Waals surface area contributed by atoms with E-state index in [9.17, 15) is 0 Å². The topological polar surface area (TPSA) is 83.2 Å². The molecule has 0 unspecified atom stereocenters. The van der Waals surface area contributed by atoms with Crippen LogP contribution in [0.3, 0.4) is 0 Å². The third-order valence-corrected chi connectivity index (χ3v) is 5.10. The Kier molecular flexibility index (Phi) is 5.12. The number of ether oxygens (including phenoxy) is 2. The van der Waals surface area contributed by atoms with Gasteiger partial charge in [-0.2, -0.15) is 4.98 Å². The Balaban J connectivity index is 1.55. The fourth-order valence-electron chi connectivity index (χ4n) is 2.80. The first-order valence-corrected chi connectivity index (χ1v) is 9.57. The highest BCUT2D eigenvalue weighted by Gasteiger charge is 2.14. The van der Waals surface area contributed by atoms with Crippen molar-refractivity contribution in [3.63, 3.8) is 0 Å². The molecular weight excluding hydrogens is 376 g/mol. The lowest BCUT2D eigenvalue weighted by Crippen LogP contribution is -1.93. The molecule has 0 N–H and O–H groups in total. The lowest BCUT2D eigenvalue weighted by molar-refractivity contribution is 0.355. The molecule has 0 amide bonds. The van der Waals surface area contributed by atoms with E-state index in [1.165, 1.54) is 0 Å². The molecule has 8 heteroatoms. The molecule has 0 saturated heterocycles. The van der Waals surface area contributed by atoms with Crippen LogP contribution in [-0.4, -0.2) is 34.3 Å². The third-order valence-electron chi connectivity index (χ3n) is 4.12. The SMILES string of the molecule is COc1ccc(-c2noc(CSc3nc(C)nc4ccccc34)n2)cc1OC. The van der Waals surface area contributed by atoms with E-state index in [1.54, 1.807) is 26.0 Å². The summed E-state index contributed by atoms with van der Waals surface area (Å²) in [6.45, 7) is 1.89. The number of thioether (sulfide) groups is 1. The Morgan fingerprint density at radius 1 is 0.964 bits per heavy atom. The number of hydrogen-bond donors (Lipinski definition) is 0. The van der Waals surface area contributed by atoms with Crippen LogP contribution < -0.4 is 9.47 Å². The predicted octanol–water partition coefficient (Wildman–Crippen LogP) is 4.30. The maximum Gasteiger partial charge on any atom is 0.237 e. The normalized spacial score (nSPS) is 11.0. The van der Waals surface area contributed by atoms with Gasteiger partial charge in [0.25, 0.3) is 0 Å². The standard InChI is InChI=1S/C20H18N4O3S/c1-12-21-15-7-5-4-6-14(15)20(22-12)28-11-18-23-19(24-27-18)13-8-9-16(25-2)17(10-13)26-3/h4-10H,11H2,1-3H3. The van der Waals surface area contributed by atoms with Gasteiger partial charge in [-0.3, -0.25) is 0 Å². The van der Waals surface area contributed by atoms with Crippen molar-refractivity contribution in [2.24, 2.45) is 0 Å². The molecule has 2 heterocycles. The Morgan fingerprint density at radius 2 is 1.79 bits per heavy atom.